The summed E-state index contributed by atoms with van der Waals surface area (Å²) in [4.78, 5) is 14.6. The van der Waals surface area contributed by atoms with E-state index in [1.807, 2.05) is 23.8 Å². The monoisotopic (exact) mass is 286 g/mol. The van der Waals surface area contributed by atoms with E-state index in [1.54, 1.807) is 12.1 Å². The highest BCUT2D eigenvalue weighted by Crippen LogP contribution is 2.18. The van der Waals surface area contributed by atoms with Crippen molar-refractivity contribution in [1.29, 1.82) is 0 Å². The number of aromatic nitrogens is 1. The third-order valence-electron chi connectivity index (χ3n) is 4.11. The van der Waals surface area contributed by atoms with E-state index in [2.05, 4.69) is 4.90 Å². The minimum Gasteiger partial charge on any atom is -0.320 e. The zero-order valence-corrected chi connectivity index (χ0v) is 12.2. The van der Waals surface area contributed by atoms with Crippen LogP contribution in [-0.4, -0.2) is 34.9 Å². The molecule has 3 nitrogen and oxygen atoms in total. The molecule has 0 unspecified atom stereocenters. The summed E-state index contributed by atoms with van der Waals surface area (Å²) in [6.07, 6.45) is 4.24. The molecular formula is C17H19FN2O. The molecule has 1 aromatic carbocycles. The first-order chi connectivity index (χ1) is 10.1. The topological polar surface area (TPSA) is 25.2 Å². The molecule has 0 aliphatic carbocycles. The van der Waals surface area contributed by atoms with E-state index in [0.29, 0.717) is 6.54 Å². The summed E-state index contributed by atoms with van der Waals surface area (Å²) in [6.45, 7) is 4.46. The van der Waals surface area contributed by atoms with Crippen LogP contribution in [0.1, 0.15) is 28.9 Å². The number of carbonyl (C=O) groups is 1. The maximum Gasteiger partial charge on any atom is 0.178 e. The van der Waals surface area contributed by atoms with Crippen LogP contribution in [0.15, 0.2) is 36.5 Å². The molecule has 0 bridgehead atoms. The van der Waals surface area contributed by atoms with E-state index in [1.165, 1.54) is 25.0 Å². The lowest BCUT2D eigenvalue weighted by Gasteiger charge is -2.13. The fourth-order valence-corrected chi connectivity index (χ4v) is 2.92. The Labute approximate surface area is 124 Å². The lowest BCUT2D eigenvalue weighted by atomic mass is 10.1. The third-order valence-corrected chi connectivity index (χ3v) is 4.11. The molecule has 4 heteroatoms. The first-order valence-corrected chi connectivity index (χ1v) is 7.34. The van der Waals surface area contributed by atoms with Gasteiger partial charge in [0.1, 0.15) is 5.82 Å². The number of benzene rings is 1. The van der Waals surface area contributed by atoms with Gasteiger partial charge in [-0.05, 0) is 63.2 Å². The minimum atomic E-state index is -0.256. The maximum absolute atomic E-state index is 13.0. The second-order valence-corrected chi connectivity index (χ2v) is 5.57. The van der Waals surface area contributed by atoms with Crippen molar-refractivity contribution >= 4 is 5.78 Å². The Bertz CT molecular complexity index is 639. The van der Waals surface area contributed by atoms with Crippen molar-refractivity contribution in [3.8, 4) is 5.69 Å². The summed E-state index contributed by atoms with van der Waals surface area (Å²) in [7, 11) is 0. The SMILES string of the molecule is Cc1c(C(=O)CN2CCCC2)ccn1-c1ccc(F)cc1. The number of Topliss-reactive ketones (excluding diaryl/α,β-unsaturated/α-hetero) is 1. The van der Waals surface area contributed by atoms with Gasteiger partial charge in [0, 0.05) is 23.1 Å². The Kier molecular flexibility index (Phi) is 3.88. The molecule has 0 saturated carbocycles. The molecule has 0 N–H and O–H groups in total. The Hall–Kier alpha value is -1.94. The second-order valence-electron chi connectivity index (χ2n) is 5.57. The Balaban J connectivity index is 1.81. The molecule has 0 spiro atoms. The van der Waals surface area contributed by atoms with Crippen LogP contribution in [0.5, 0.6) is 0 Å². The van der Waals surface area contributed by atoms with Crippen LogP contribution in [-0.2, 0) is 0 Å². The normalized spacial score (nSPS) is 15.5. The van der Waals surface area contributed by atoms with E-state index in [9.17, 15) is 9.18 Å². The average molecular weight is 286 g/mol. The maximum atomic E-state index is 13.0. The minimum absolute atomic E-state index is 0.162. The van der Waals surface area contributed by atoms with Gasteiger partial charge in [0.05, 0.1) is 6.54 Å². The highest BCUT2D eigenvalue weighted by Gasteiger charge is 2.19. The Morgan fingerprint density at radius 2 is 1.81 bits per heavy atom. The number of halogens is 1. The predicted molar refractivity (Wildman–Crippen MR) is 80.5 cm³/mol. The molecule has 21 heavy (non-hydrogen) atoms. The molecule has 1 fully saturated rings. The van der Waals surface area contributed by atoms with Gasteiger partial charge in [-0.15, -0.1) is 0 Å². The molecule has 1 saturated heterocycles. The van der Waals surface area contributed by atoms with Gasteiger partial charge in [-0.3, -0.25) is 9.69 Å². The fraction of sp³-hybridized carbons (Fsp3) is 0.353. The highest BCUT2D eigenvalue weighted by atomic mass is 19.1. The van der Waals surface area contributed by atoms with Crippen molar-refractivity contribution in [2.24, 2.45) is 0 Å². The molecule has 2 heterocycles. The van der Waals surface area contributed by atoms with Crippen LogP contribution in [0, 0.1) is 12.7 Å². The van der Waals surface area contributed by atoms with Gasteiger partial charge >= 0.3 is 0 Å². The van der Waals surface area contributed by atoms with Crippen LogP contribution in [0.2, 0.25) is 0 Å². The molecule has 0 radical (unpaired) electrons. The van der Waals surface area contributed by atoms with E-state index in [4.69, 9.17) is 0 Å². The van der Waals surface area contributed by atoms with Crippen LogP contribution in [0.4, 0.5) is 4.39 Å². The van der Waals surface area contributed by atoms with E-state index < -0.39 is 0 Å². The molecule has 1 aromatic heterocycles. The summed E-state index contributed by atoms with van der Waals surface area (Å²) >= 11 is 0. The number of rotatable bonds is 4. The Morgan fingerprint density at radius 3 is 2.48 bits per heavy atom. The van der Waals surface area contributed by atoms with Crippen LogP contribution in [0.3, 0.4) is 0 Å². The molecule has 0 atom stereocenters. The zero-order valence-electron chi connectivity index (χ0n) is 12.2. The first-order valence-electron chi connectivity index (χ1n) is 7.34. The Morgan fingerprint density at radius 1 is 1.14 bits per heavy atom. The van der Waals surface area contributed by atoms with E-state index in [0.717, 1.165) is 30.0 Å². The highest BCUT2D eigenvalue weighted by molar-refractivity contribution is 5.98. The first kappa shape index (κ1) is 14.0. The van der Waals surface area contributed by atoms with Crippen molar-refractivity contribution in [2.45, 2.75) is 19.8 Å². The van der Waals surface area contributed by atoms with Crippen molar-refractivity contribution in [2.75, 3.05) is 19.6 Å². The quantitative estimate of drug-likeness (QED) is 0.806. The van der Waals surface area contributed by atoms with Gasteiger partial charge in [-0.1, -0.05) is 0 Å². The van der Waals surface area contributed by atoms with Gasteiger partial charge in [0.2, 0.25) is 0 Å². The zero-order chi connectivity index (χ0) is 14.8. The van der Waals surface area contributed by atoms with E-state index in [-0.39, 0.29) is 11.6 Å². The van der Waals surface area contributed by atoms with Crippen molar-refractivity contribution in [1.82, 2.24) is 9.47 Å². The van der Waals surface area contributed by atoms with Gasteiger partial charge in [-0.25, -0.2) is 4.39 Å². The standard InChI is InChI=1S/C17H19FN2O/c1-13-16(17(21)12-19-9-2-3-10-19)8-11-20(13)15-6-4-14(18)5-7-15/h4-8,11H,2-3,9-10,12H2,1H3. The summed E-state index contributed by atoms with van der Waals surface area (Å²) < 4.78 is 14.9. The van der Waals surface area contributed by atoms with Gasteiger partial charge in [0.25, 0.3) is 0 Å². The molecule has 3 rings (SSSR count). The fourth-order valence-electron chi connectivity index (χ4n) is 2.92. The van der Waals surface area contributed by atoms with Crippen LogP contribution < -0.4 is 0 Å². The largest absolute Gasteiger partial charge is 0.320 e. The summed E-state index contributed by atoms with van der Waals surface area (Å²) in [6, 6.07) is 8.16. The number of hydrogen-bond donors (Lipinski definition) is 0. The molecule has 0 amide bonds. The summed E-state index contributed by atoms with van der Waals surface area (Å²) in [5.74, 6) is -0.0934. The number of ketones is 1. The van der Waals surface area contributed by atoms with Crippen LogP contribution in [0.25, 0.3) is 5.69 Å². The molecular weight excluding hydrogens is 267 g/mol. The lowest BCUT2D eigenvalue weighted by Crippen LogP contribution is -2.27. The van der Waals surface area contributed by atoms with E-state index >= 15 is 0 Å². The third kappa shape index (κ3) is 2.90. The second kappa shape index (κ2) is 5.82. The number of nitrogens with zero attached hydrogens (tertiary/aromatic N) is 2. The predicted octanol–water partition coefficient (Wildman–Crippen LogP) is 3.20. The average Bonchev–Trinajstić information content (AvgIpc) is 3.09. The van der Waals surface area contributed by atoms with Crippen LogP contribution >= 0.6 is 0 Å². The van der Waals surface area contributed by atoms with Gasteiger partial charge in [0.15, 0.2) is 5.78 Å². The van der Waals surface area contributed by atoms with Crippen molar-refractivity contribution < 1.29 is 9.18 Å². The van der Waals surface area contributed by atoms with Gasteiger partial charge in [-0.2, -0.15) is 0 Å². The van der Waals surface area contributed by atoms with Gasteiger partial charge < -0.3 is 4.57 Å². The molecule has 1 aliphatic rings. The smallest absolute Gasteiger partial charge is 0.178 e. The summed E-state index contributed by atoms with van der Waals surface area (Å²) in [5, 5.41) is 0. The molecule has 1 aliphatic heterocycles. The number of likely N-dealkylation sites (tertiary alicyclic amines) is 1. The number of carbonyl (C=O) groups excluding carboxylic acids is 1. The number of hydrogen-bond acceptors (Lipinski definition) is 2. The molecule has 2 aromatic rings. The summed E-state index contributed by atoms with van der Waals surface area (Å²) in [5.41, 5.74) is 2.53. The van der Waals surface area contributed by atoms with Crippen molar-refractivity contribution in [3.05, 3.63) is 53.6 Å². The van der Waals surface area contributed by atoms with Crippen molar-refractivity contribution in [3.63, 3.8) is 0 Å². The lowest BCUT2D eigenvalue weighted by molar-refractivity contribution is 0.0945. The molecule has 110 valence electrons.